The fourth-order valence-electron chi connectivity index (χ4n) is 3.19. The number of fused-ring (bicyclic) bond motifs is 1. The summed E-state index contributed by atoms with van der Waals surface area (Å²) in [6.07, 6.45) is 0.841. The van der Waals surface area contributed by atoms with Crippen LogP contribution in [0.2, 0.25) is 0 Å². The molecule has 2 aromatic rings. The Morgan fingerprint density at radius 1 is 1.39 bits per heavy atom. The number of primary amides is 1. The molecule has 1 amide bonds. The molecule has 5 heteroatoms. The zero-order valence-electron chi connectivity index (χ0n) is 13.2. The van der Waals surface area contributed by atoms with E-state index in [1.807, 2.05) is 23.5 Å². The number of carbonyl (C=O) groups is 1. The quantitative estimate of drug-likeness (QED) is 0.708. The van der Waals surface area contributed by atoms with Crippen LogP contribution in [0.3, 0.4) is 0 Å². The minimum absolute atomic E-state index is 0.450. The second kappa shape index (κ2) is 6.83. The van der Waals surface area contributed by atoms with Crippen LogP contribution in [0.4, 0.5) is 0 Å². The van der Waals surface area contributed by atoms with Gasteiger partial charge in [-0.2, -0.15) is 0 Å². The highest BCUT2D eigenvalue weighted by atomic mass is 32.1. The lowest BCUT2D eigenvalue weighted by Gasteiger charge is -2.12. The van der Waals surface area contributed by atoms with Crippen molar-refractivity contribution in [2.75, 3.05) is 6.54 Å². The lowest BCUT2D eigenvalue weighted by atomic mass is 9.97. The van der Waals surface area contributed by atoms with Gasteiger partial charge >= 0.3 is 0 Å². The van der Waals surface area contributed by atoms with Gasteiger partial charge in [-0.1, -0.05) is 18.2 Å². The third-order valence-electron chi connectivity index (χ3n) is 4.34. The summed E-state index contributed by atoms with van der Waals surface area (Å²) in [6, 6.07) is 10.4. The maximum absolute atomic E-state index is 11.6. The van der Waals surface area contributed by atoms with Gasteiger partial charge in [0, 0.05) is 22.8 Å². The number of thiophene rings is 1. The van der Waals surface area contributed by atoms with E-state index in [0.29, 0.717) is 6.42 Å². The summed E-state index contributed by atoms with van der Waals surface area (Å²) in [4.78, 5) is 14.3. The SMILES string of the molecule is Cc1ccc(CCNCc2ccc3c(c2)[C@@H](C(N)=O)[C@H](O)C3)s1. The van der Waals surface area contributed by atoms with Crippen LogP contribution in [0.15, 0.2) is 30.3 Å². The zero-order chi connectivity index (χ0) is 16.4. The lowest BCUT2D eigenvalue weighted by molar-refractivity contribution is -0.121. The van der Waals surface area contributed by atoms with Crippen LogP contribution in [-0.2, 0) is 24.2 Å². The number of nitrogens with one attached hydrogen (secondary N) is 1. The topological polar surface area (TPSA) is 75.3 Å². The van der Waals surface area contributed by atoms with Gasteiger partial charge < -0.3 is 16.2 Å². The average Bonchev–Trinajstić information content (AvgIpc) is 3.05. The molecule has 0 unspecified atom stereocenters. The maximum atomic E-state index is 11.6. The lowest BCUT2D eigenvalue weighted by Crippen LogP contribution is -2.28. The Hall–Kier alpha value is -1.69. The summed E-state index contributed by atoms with van der Waals surface area (Å²) in [5, 5.41) is 13.4. The number of benzene rings is 1. The summed E-state index contributed by atoms with van der Waals surface area (Å²) in [7, 11) is 0. The molecule has 0 aliphatic heterocycles. The number of aliphatic hydroxyl groups is 1. The first-order valence-electron chi connectivity index (χ1n) is 7.89. The number of hydrogen-bond donors (Lipinski definition) is 3. The van der Waals surface area contributed by atoms with E-state index in [4.69, 9.17) is 5.73 Å². The largest absolute Gasteiger partial charge is 0.392 e. The first kappa shape index (κ1) is 16.2. The van der Waals surface area contributed by atoms with E-state index in [2.05, 4.69) is 30.4 Å². The Bertz CT molecular complexity index is 711. The van der Waals surface area contributed by atoms with E-state index in [0.717, 1.165) is 36.2 Å². The summed E-state index contributed by atoms with van der Waals surface area (Å²) in [5.41, 5.74) is 8.46. The molecule has 1 aliphatic carbocycles. The molecular weight excluding hydrogens is 308 g/mol. The van der Waals surface area contributed by atoms with Crippen LogP contribution in [0, 0.1) is 6.92 Å². The van der Waals surface area contributed by atoms with Crippen molar-refractivity contribution in [3.05, 3.63) is 56.8 Å². The Balaban J connectivity index is 1.58. The second-order valence-electron chi connectivity index (χ2n) is 6.12. The predicted octanol–water partition coefficient (Wildman–Crippen LogP) is 1.87. The van der Waals surface area contributed by atoms with Gasteiger partial charge in [0.1, 0.15) is 0 Å². The van der Waals surface area contributed by atoms with E-state index in [-0.39, 0.29) is 0 Å². The Morgan fingerprint density at radius 2 is 2.22 bits per heavy atom. The molecule has 4 nitrogen and oxygen atoms in total. The van der Waals surface area contributed by atoms with Crippen molar-refractivity contribution in [1.82, 2.24) is 5.32 Å². The van der Waals surface area contributed by atoms with Gasteiger partial charge in [-0.25, -0.2) is 0 Å². The number of hydrogen-bond acceptors (Lipinski definition) is 4. The molecule has 0 fully saturated rings. The first-order valence-corrected chi connectivity index (χ1v) is 8.71. The Kier molecular flexibility index (Phi) is 4.80. The molecule has 0 bridgehead atoms. The van der Waals surface area contributed by atoms with Crippen molar-refractivity contribution in [2.24, 2.45) is 5.73 Å². The van der Waals surface area contributed by atoms with Crippen LogP contribution >= 0.6 is 11.3 Å². The fraction of sp³-hybridized carbons (Fsp3) is 0.389. The maximum Gasteiger partial charge on any atom is 0.227 e. The van der Waals surface area contributed by atoms with Gasteiger partial charge in [-0.15, -0.1) is 11.3 Å². The van der Waals surface area contributed by atoms with Gasteiger partial charge in [0.2, 0.25) is 5.91 Å². The second-order valence-corrected chi connectivity index (χ2v) is 7.50. The summed E-state index contributed by atoms with van der Waals surface area (Å²) < 4.78 is 0. The van der Waals surface area contributed by atoms with Gasteiger partial charge in [0.15, 0.2) is 0 Å². The first-order chi connectivity index (χ1) is 11.0. The predicted molar refractivity (Wildman–Crippen MR) is 92.6 cm³/mol. The summed E-state index contributed by atoms with van der Waals surface area (Å²) in [5.74, 6) is -1.02. The van der Waals surface area contributed by atoms with Gasteiger partial charge in [0.25, 0.3) is 0 Å². The van der Waals surface area contributed by atoms with Crippen molar-refractivity contribution in [1.29, 1.82) is 0 Å². The smallest absolute Gasteiger partial charge is 0.227 e. The Morgan fingerprint density at radius 3 is 2.91 bits per heavy atom. The minimum atomic E-state index is -0.687. The highest BCUT2D eigenvalue weighted by molar-refractivity contribution is 7.11. The summed E-state index contributed by atoms with van der Waals surface area (Å²) >= 11 is 1.83. The average molecular weight is 330 g/mol. The van der Waals surface area contributed by atoms with Crippen LogP contribution in [0.5, 0.6) is 0 Å². The minimum Gasteiger partial charge on any atom is -0.392 e. The van der Waals surface area contributed by atoms with Crippen LogP contribution in [0.1, 0.15) is 32.4 Å². The molecule has 122 valence electrons. The molecule has 0 saturated heterocycles. The molecule has 23 heavy (non-hydrogen) atoms. The van der Waals surface area contributed by atoms with Gasteiger partial charge in [-0.3, -0.25) is 4.79 Å². The third-order valence-corrected chi connectivity index (χ3v) is 5.40. The summed E-state index contributed by atoms with van der Waals surface area (Å²) in [6.45, 7) is 3.79. The van der Waals surface area contributed by atoms with Crippen LogP contribution < -0.4 is 11.1 Å². The molecule has 2 atom stereocenters. The molecule has 1 heterocycles. The van der Waals surface area contributed by atoms with E-state index >= 15 is 0 Å². The van der Waals surface area contributed by atoms with E-state index in [1.165, 1.54) is 9.75 Å². The highest BCUT2D eigenvalue weighted by Gasteiger charge is 2.35. The van der Waals surface area contributed by atoms with Crippen molar-refractivity contribution < 1.29 is 9.90 Å². The van der Waals surface area contributed by atoms with Gasteiger partial charge in [0.05, 0.1) is 12.0 Å². The van der Waals surface area contributed by atoms with Crippen LogP contribution in [0.25, 0.3) is 0 Å². The normalized spacial score (nSPS) is 19.7. The zero-order valence-corrected chi connectivity index (χ0v) is 14.0. The molecule has 0 saturated carbocycles. The van der Waals surface area contributed by atoms with Crippen molar-refractivity contribution in [3.8, 4) is 0 Å². The number of nitrogens with two attached hydrogens (primary N) is 1. The highest BCUT2D eigenvalue weighted by Crippen LogP contribution is 2.33. The molecule has 0 radical (unpaired) electrons. The molecule has 1 aromatic heterocycles. The fourth-order valence-corrected chi connectivity index (χ4v) is 4.08. The molecule has 3 rings (SSSR count). The van der Waals surface area contributed by atoms with Crippen LogP contribution in [-0.4, -0.2) is 23.7 Å². The van der Waals surface area contributed by atoms with Gasteiger partial charge in [-0.05, 0) is 48.6 Å². The number of carbonyl (C=O) groups excluding carboxylic acids is 1. The molecular formula is C18H22N2O2S. The third kappa shape index (κ3) is 3.63. The molecule has 4 N–H and O–H groups in total. The Labute approximate surface area is 140 Å². The van der Waals surface area contributed by atoms with Crippen molar-refractivity contribution in [2.45, 2.75) is 38.3 Å². The number of amides is 1. The van der Waals surface area contributed by atoms with Crippen molar-refractivity contribution >= 4 is 17.2 Å². The molecule has 1 aromatic carbocycles. The van der Waals surface area contributed by atoms with E-state index in [1.54, 1.807) is 0 Å². The standard InChI is InChI=1S/C18H22N2O2S/c1-11-2-5-14(23-11)6-7-20-10-12-3-4-13-9-16(21)17(18(19)22)15(13)8-12/h2-5,8,16-17,20-21H,6-7,9-10H2,1H3,(H2,19,22)/t16-,17-/m1/s1. The monoisotopic (exact) mass is 330 g/mol. The van der Waals surface area contributed by atoms with E-state index < -0.39 is 17.9 Å². The number of rotatable bonds is 6. The van der Waals surface area contributed by atoms with E-state index in [9.17, 15) is 9.90 Å². The molecule has 1 aliphatic rings. The van der Waals surface area contributed by atoms with Crippen molar-refractivity contribution in [3.63, 3.8) is 0 Å². The number of aryl methyl sites for hydroxylation is 1. The molecule has 0 spiro atoms. The number of aliphatic hydroxyl groups excluding tert-OH is 1.